The van der Waals surface area contributed by atoms with Crippen molar-refractivity contribution in [2.75, 3.05) is 0 Å². The van der Waals surface area contributed by atoms with E-state index in [4.69, 9.17) is 4.42 Å². The van der Waals surface area contributed by atoms with Crippen LogP contribution in [0.2, 0.25) is 0 Å². The highest BCUT2D eigenvalue weighted by Gasteiger charge is 2.20. The Labute approximate surface area is 262 Å². The van der Waals surface area contributed by atoms with Gasteiger partial charge in [-0.15, -0.1) is 0 Å². The predicted octanol–water partition coefficient (Wildman–Crippen LogP) is 12.8. The highest BCUT2D eigenvalue weighted by molar-refractivity contribution is 6.28. The summed E-state index contributed by atoms with van der Waals surface area (Å²) in [6, 6.07) is 51.1. The van der Waals surface area contributed by atoms with E-state index in [2.05, 4.69) is 148 Å². The first kappa shape index (κ1) is 26.0. The Bertz CT molecular complexity index is 2520. The van der Waals surface area contributed by atoms with Gasteiger partial charge in [0, 0.05) is 16.3 Å². The average molecular weight is 577 g/mol. The van der Waals surface area contributed by atoms with Crippen LogP contribution in [-0.2, 0) is 5.41 Å². The van der Waals surface area contributed by atoms with Gasteiger partial charge in [0.1, 0.15) is 11.2 Å². The first-order chi connectivity index (χ1) is 21.9. The maximum absolute atomic E-state index is 6.37. The molecule has 9 aromatic rings. The minimum absolute atomic E-state index is 0.0826. The molecule has 1 heterocycles. The molecule has 8 aromatic carbocycles. The highest BCUT2D eigenvalue weighted by atomic mass is 16.3. The molecule has 9 rings (SSSR count). The third-order valence-corrected chi connectivity index (χ3v) is 9.58. The van der Waals surface area contributed by atoms with Crippen LogP contribution in [0.25, 0.3) is 87.6 Å². The molecule has 0 saturated heterocycles. The molecular weight excluding hydrogens is 544 g/mol. The zero-order valence-electron chi connectivity index (χ0n) is 25.7. The second kappa shape index (κ2) is 9.55. The van der Waals surface area contributed by atoms with Gasteiger partial charge in [0.15, 0.2) is 0 Å². The van der Waals surface area contributed by atoms with Crippen LogP contribution in [0.4, 0.5) is 0 Å². The molecule has 0 bridgehead atoms. The van der Waals surface area contributed by atoms with E-state index in [0.29, 0.717) is 0 Å². The summed E-state index contributed by atoms with van der Waals surface area (Å²) in [5, 5.41) is 10.2. The van der Waals surface area contributed by atoms with Crippen LogP contribution >= 0.6 is 0 Å². The lowest BCUT2D eigenvalue weighted by Gasteiger charge is -2.23. The molecule has 1 nitrogen and oxygen atoms in total. The van der Waals surface area contributed by atoms with Gasteiger partial charge in [0.05, 0.1) is 0 Å². The van der Waals surface area contributed by atoms with Gasteiger partial charge >= 0.3 is 0 Å². The van der Waals surface area contributed by atoms with E-state index in [1.807, 2.05) is 12.1 Å². The second-order valence-electron chi connectivity index (χ2n) is 13.3. The van der Waals surface area contributed by atoms with E-state index >= 15 is 0 Å². The van der Waals surface area contributed by atoms with Crippen molar-refractivity contribution in [3.05, 3.63) is 145 Å². The highest BCUT2D eigenvalue weighted by Crippen LogP contribution is 2.45. The zero-order valence-corrected chi connectivity index (χ0v) is 25.7. The molecule has 1 heteroatoms. The minimum atomic E-state index is 0.0826. The zero-order chi connectivity index (χ0) is 30.3. The number of para-hydroxylation sites is 2. The molecule has 0 spiro atoms. The number of furan rings is 1. The Morgan fingerprint density at radius 2 is 1.00 bits per heavy atom. The molecule has 1 aromatic heterocycles. The summed E-state index contributed by atoms with van der Waals surface area (Å²) >= 11 is 0. The summed E-state index contributed by atoms with van der Waals surface area (Å²) in [5.41, 5.74) is 10.5. The van der Waals surface area contributed by atoms with Gasteiger partial charge < -0.3 is 4.42 Å². The lowest BCUT2D eigenvalue weighted by Crippen LogP contribution is -2.10. The van der Waals surface area contributed by atoms with E-state index in [0.717, 1.165) is 33.1 Å². The van der Waals surface area contributed by atoms with E-state index in [1.54, 1.807) is 0 Å². The van der Waals surface area contributed by atoms with E-state index in [9.17, 15) is 0 Å². The topological polar surface area (TPSA) is 13.1 Å². The summed E-state index contributed by atoms with van der Waals surface area (Å²) in [6.45, 7) is 6.89. The maximum atomic E-state index is 6.37. The van der Waals surface area contributed by atoms with Crippen molar-refractivity contribution < 1.29 is 4.42 Å². The summed E-state index contributed by atoms with van der Waals surface area (Å²) in [5.74, 6) is 0. The molecule has 0 aliphatic carbocycles. The molecule has 0 saturated carbocycles. The van der Waals surface area contributed by atoms with Crippen molar-refractivity contribution in [2.45, 2.75) is 26.2 Å². The Balaban J connectivity index is 1.27. The smallest absolute Gasteiger partial charge is 0.143 e. The van der Waals surface area contributed by atoms with Crippen molar-refractivity contribution in [2.24, 2.45) is 0 Å². The summed E-state index contributed by atoms with van der Waals surface area (Å²) in [4.78, 5) is 0. The molecule has 45 heavy (non-hydrogen) atoms. The number of hydrogen-bond donors (Lipinski definition) is 0. The third kappa shape index (κ3) is 4.01. The first-order valence-corrected chi connectivity index (χ1v) is 15.8. The molecule has 0 amide bonds. The van der Waals surface area contributed by atoms with Crippen LogP contribution in [0.5, 0.6) is 0 Å². The number of hydrogen-bond acceptors (Lipinski definition) is 1. The normalized spacial score (nSPS) is 12.3. The Morgan fingerprint density at radius 3 is 1.67 bits per heavy atom. The molecule has 214 valence electrons. The molecule has 0 radical (unpaired) electrons. The SMILES string of the molecule is CC(C)(C)c1cc2ccc3c(-c4ccccc4)cc(-c4ccc(-c5cccc6c5oc5ccccc56)cc4)c4ccc(c1)c2c34. The van der Waals surface area contributed by atoms with Crippen LogP contribution in [0.3, 0.4) is 0 Å². The van der Waals surface area contributed by atoms with E-state index in [1.165, 1.54) is 60.1 Å². The maximum Gasteiger partial charge on any atom is 0.143 e. The van der Waals surface area contributed by atoms with Crippen molar-refractivity contribution in [1.82, 2.24) is 0 Å². The fourth-order valence-electron chi connectivity index (χ4n) is 7.25. The van der Waals surface area contributed by atoms with Gasteiger partial charge in [-0.2, -0.15) is 0 Å². The van der Waals surface area contributed by atoms with Gasteiger partial charge in [-0.3, -0.25) is 0 Å². The van der Waals surface area contributed by atoms with Crippen molar-refractivity contribution in [3.63, 3.8) is 0 Å². The largest absolute Gasteiger partial charge is 0.455 e. The van der Waals surface area contributed by atoms with Crippen LogP contribution in [0, 0.1) is 0 Å². The fourth-order valence-corrected chi connectivity index (χ4v) is 7.25. The van der Waals surface area contributed by atoms with Crippen LogP contribution < -0.4 is 0 Å². The van der Waals surface area contributed by atoms with Gasteiger partial charge in [0.25, 0.3) is 0 Å². The van der Waals surface area contributed by atoms with Gasteiger partial charge in [-0.1, -0.05) is 148 Å². The molecular formula is C44H32O. The first-order valence-electron chi connectivity index (χ1n) is 15.8. The van der Waals surface area contributed by atoms with E-state index < -0.39 is 0 Å². The van der Waals surface area contributed by atoms with Crippen molar-refractivity contribution in [3.8, 4) is 33.4 Å². The molecule has 0 N–H and O–H groups in total. The number of benzene rings is 8. The second-order valence-corrected chi connectivity index (χ2v) is 13.3. The third-order valence-electron chi connectivity index (χ3n) is 9.58. The molecule has 0 aliphatic heterocycles. The number of fused-ring (bicyclic) bond motifs is 3. The standard InChI is InChI=1S/C44H32O/c1-44(2,3)32-24-30-20-22-35-38(27-10-5-4-6-11-27)26-39(36-23-21-31(25-32)41(30)42(35)36)29-18-16-28(17-19-29)33-13-9-14-37-34-12-7-8-15-40(34)45-43(33)37/h4-26H,1-3H3. The van der Waals surface area contributed by atoms with Gasteiger partial charge in [-0.05, 0) is 83.2 Å². The quantitative estimate of drug-likeness (QED) is 0.191. The lowest BCUT2D eigenvalue weighted by molar-refractivity contribution is 0.591. The minimum Gasteiger partial charge on any atom is -0.455 e. The molecule has 0 unspecified atom stereocenters. The van der Waals surface area contributed by atoms with Crippen LogP contribution in [-0.4, -0.2) is 0 Å². The van der Waals surface area contributed by atoms with Gasteiger partial charge in [-0.25, -0.2) is 0 Å². The molecule has 0 aliphatic rings. The summed E-state index contributed by atoms with van der Waals surface area (Å²) in [7, 11) is 0. The Hall–Kier alpha value is -5.40. The van der Waals surface area contributed by atoms with E-state index in [-0.39, 0.29) is 5.41 Å². The van der Waals surface area contributed by atoms with Crippen molar-refractivity contribution >= 4 is 54.3 Å². The monoisotopic (exact) mass is 576 g/mol. The average Bonchev–Trinajstić information content (AvgIpc) is 3.46. The summed E-state index contributed by atoms with van der Waals surface area (Å²) in [6.07, 6.45) is 0. The molecule has 0 atom stereocenters. The van der Waals surface area contributed by atoms with Crippen LogP contribution in [0.15, 0.2) is 144 Å². The predicted molar refractivity (Wildman–Crippen MR) is 192 cm³/mol. The number of rotatable bonds is 3. The van der Waals surface area contributed by atoms with Crippen molar-refractivity contribution in [1.29, 1.82) is 0 Å². The van der Waals surface area contributed by atoms with Gasteiger partial charge in [0.2, 0.25) is 0 Å². The van der Waals surface area contributed by atoms with Crippen LogP contribution in [0.1, 0.15) is 26.3 Å². The fraction of sp³-hybridized carbons (Fsp3) is 0.0909. The molecule has 0 fully saturated rings. The lowest BCUT2D eigenvalue weighted by atomic mass is 9.81. The summed E-state index contributed by atoms with van der Waals surface area (Å²) < 4.78 is 6.37. The Morgan fingerprint density at radius 1 is 0.422 bits per heavy atom. The Kier molecular flexibility index (Phi) is 5.53.